The summed E-state index contributed by atoms with van der Waals surface area (Å²) < 4.78 is 5.89. The van der Waals surface area contributed by atoms with Crippen molar-refractivity contribution >= 4 is 11.4 Å². The standard InChI is InChI=1S/C31H33N3O/c1-3-7-27(8-4-1)24-33-19-21-34(22-20-33)30-15-13-29(14-16-30)32-23-26-11-17-31(18-12-26)35-25-28-9-5-2-6-10-28/h1-18,32H,19-25H2. The highest BCUT2D eigenvalue weighted by Gasteiger charge is 2.17. The van der Waals surface area contributed by atoms with Crippen LogP contribution in [0.2, 0.25) is 0 Å². The Kier molecular flexibility index (Phi) is 7.61. The van der Waals surface area contributed by atoms with Gasteiger partial charge in [0.1, 0.15) is 12.4 Å². The number of nitrogens with one attached hydrogen (secondary N) is 1. The van der Waals surface area contributed by atoms with Crippen LogP contribution in [-0.2, 0) is 19.7 Å². The van der Waals surface area contributed by atoms with Gasteiger partial charge in [0.25, 0.3) is 0 Å². The highest BCUT2D eigenvalue weighted by molar-refractivity contribution is 5.55. The van der Waals surface area contributed by atoms with Crippen LogP contribution in [0.15, 0.2) is 109 Å². The zero-order valence-corrected chi connectivity index (χ0v) is 20.1. The highest BCUT2D eigenvalue weighted by Crippen LogP contribution is 2.21. The fourth-order valence-corrected chi connectivity index (χ4v) is 4.44. The normalized spacial score (nSPS) is 14.0. The van der Waals surface area contributed by atoms with Crippen LogP contribution in [0.25, 0.3) is 0 Å². The van der Waals surface area contributed by atoms with Crippen molar-refractivity contribution in [2.75, 3.05) is 36.4 Å². The lowest BCUT2D eigenvalue weighted by atomic mass is 10.2. The molecular weight excluding hydrogens is 430 g/mol. The van der Waals surface area contributed by atoms with Crippen molar-refractivity contribution in [1.29, 1.82) is 0 Å². The number of rotatable bonds is 9. The van der Waals surface area contributed by atoms with Crippen molar-refractivity contribution in [3.05, 3.63) is 126 Å². The Labute approximate surface area is 208 Å². The Morgan fingerprint density at radius 1 is 0.600 bits per heavy atom. The molecule has 0 radical (unpaired) electrons. The molecule has 4 heteroatoms. The molecule has 0 aromatic heterocycles. The van der Waals surface area contributed by atoms with E-state index in [9.17, 15) is 0 Å². The van der Waals surface area contributed by atoms with Crippen molar-refractivity contribution in [3.8, 4) is 5.75 Å². The molecule has 35 heavy (non-hydrogen) atoms. The summed E-state index contributed by atoms with van der Waals surface area (Å²) in [6.07, 6.45) is 0. The molecule has 1 aliphatic rings. The molecule has 0 amide bonds. The summed E-state index contributed by atoms with van der Waals surface area (Å²) >= 11 is 0. The fraction of sp³-hybridized carbons (Fsp3) is 0.226. The van der Waals surface area contributed by atoms with Gasteiger partial charge in [0.15, 0.2) is 0 Å². The third-order valence-electron chi connectivity index (χ3n) is 6.52. The third kappa shape index (κ3) is 6.65. The smallest absolute Gasteiger partial charge is 0.119 e. The number of anilines is 2. The molecule has 0 saturated carbocycles. The predicted molar refractivity (Wildman–Crippen MR) is 145 cm³/mol. The topological polar surface area (TPSA) is 27.7 Å². The predicted octanol–water partition coefficient (Wildman–Crippen LogP) is 6.20. The van der Waals surface area contributed by atoms with E-state index in [4.69, 9.17) is 4.74 Å². The maximum Gasteiger partial charge on any atom is 0.119 e. The Morgan fingerprint density at radius 3 is 1.89 bits per heavy atom. The summed E-state index contributed by atoms with van der Waals surface area (Å²) in [5, 5.41) is 3.54. The second-order valence-corrected chi connectivity index (χ2v) is 9.07. The van der Waals surface area contributed by atoms with Gasteiger partial charge in [-0.1, -0.05) is 72.8 Å². The van der Waals surface area contributed by atoms with E-state index in [1.165, 1.54) is 22.4 Å². The number of benzene rings is 4. The van der Waals surface area contributed by atoms with Crippen LogP contribution < -0.4 is 15.0 Å². The molecule has 1 aliphatic heterocycles. The van der Waals surface area contributed by atoms with Gasteiger partial charge < -0.3 is 15.0 Å². The van der Waals surface area contributed by atoms with Gasteiger partial charge in [0.05, 0.1) is 0 Å². The van der Waals surface area contributed by atoms with Gasteiger partial charge >= 0.3 is 0 Å². The van der Waals surface area contributed by atoms with Crippen LogP contribution in [-0.4, -0.2) is 31.1 Å². The second kappa shape index (κ2) is 11.6. The minimum atomic E-state index is 0.590. The number of nitrogens with zero attached hydrogens (tertiary/aromatic N) is 2. The summed E-state index contributed by atoms with van der Waals surface area (Å²) in [5.74, 6) is 0.894. The first kappa shape index (κ1) is 23.0. The molecule has 0 unspecified atom stereocenters. The number of hydrogen-bond acceptors (Lipinski definition) is 4. The van der Waals surface area contributed by atoms with Crippen molar-refractivity contribution < 1.29 is 4.74 Å². The summed E-state index contributed by atoms with van der Waals surface area (Å²) in [6.45, 7) is 6.75. The van der Waals surface area contributed by atoms with Gasteiger partial charge in [0, 0.05) is 50.6 Å². The molecule has 1 fully saturated rings. The van der Waals surface area contributed by atoms with Crippen LogP contribution in [0.1, 0.15) is 16.7 Å². The summed E-state index contributed by atoms with van der Waals surface area (Å²) in [5.41, 5.74) is 6.24. The highest BCUT2D eigenvalue weighted by atomic mass is 16.5. The lowest BCUT2D eigenvalue weighted by Crippen LogP contribution is -2.45. The van der Waals surface area contributed by atoms with E-state index in [-0.39, 0.29) is 0 Å². The van der Waals surface area contributed by atoms with E-state index in [1.807, 2.05) is 30.3 Å². The lowest BCUT2D eigenvalue weighted by molar-refractivity contribution is 0.250. The SMILES string of the molecule is c1ccc(COc2ccc(CNc3ccc(N4CCN(Cc5ccccc5)CC4)cc3)cc2)cc1. The quantitative estimate of drug-likeness (QED) is 0.320. The molecular formula is C31H33N3O. The van der Waals surface area contributed by atoms with Gasteiger partial charge in [-0.2, -0.15) is 0 Å². The van der Waals surface area contributed by atoms with E-state index < -0.39 is 0 Å². The Hall–Kier alpha value is -3.76. The monoisotopic (exact) mass is 463 g/mol. The molecule has 1 N–H and O–H groups in total. The van der Waals surface area contributed by atoms with E-state index in [1.54, 1.807) is 0 Å². The van der Waals surface area contributed by atoms with Gasteiger partial charge in [-0.15, -0.1) is 0 Å². The second-order valence-electron chi connectivity index (χ2n) is 9.07. The molecule has 4 aromatic carbocycles. The van der Waals surface area contributed by atoms with E-state index >= 15 is 0 Å². The zero-order valence-electron chi connectivity index (χ0n) is 20.1. The molecule has 0 atom stereocenters. The van der Waals surface area contributed by atoms with E-state index in [2.05, 4.69) is 94.0 Å². The summed E-state index contributed by atoms with van der Waals surface area (Å²) in [7, 11) is 0. The average Bonchev–Trinajstić information content (AvgIpc) is 2.93. The molecule has 1 saturated heterocycles. The minimum absolute atomic E-state index is 0.590. The largest absolute Gasteiger partial charge is 0.489 e. The van der Waals surface area contributed by atoms with Gasteiger partial charge in [-0.25, -0.2) is 0 Å². The Balaban J connectivity index is 1.06. The number of hydrogen-bond donors (Lipinski definition) is 1. The molecule has 1 heterocycles. The van der Waals surface area contributed by atoms with E-state index in [0.29, 0.717) is 6.61 Å². The molecule has 178 valence electrons. The third-order valence-corrected chi connectivity index (χ3v) is 6.52. The summed E-state index contributed by atoms with van der Waals surface area (Å²) in [4.78, 5) is 5.03. The van der Waals surface area contributed by atoms with Crippen LogP contribution in [0, 0.1) is 0 Å². The van der Waals surface area contributed by atoms with Crippen molar-refractivity contribution in [3.63, 3.8) is 0 Å². The van der Waals surface area contributed by atoms with Crippen LogP contribution >= 0.6 is 0 Å². The van der Waals surface area contributed by atoms with Crippen molar-refractivity contribution in [1.82, 2.24) is 4.90 Å². The average molecular weight is 464 g/mol. The molecule has 4 nitrogen and oxygen atoms in total. The number of piperazine rings is 1. The van der Waals surface area contributed by atoms with Gasteiger partial charge in [0.2, 0.25) is 0 Å². The maximum absolute atomic E-state index is 5.89. The fourth-order valence-electron chi connectivity index (χ4n) is 4.44. The minimum Gasteiger partial charge on any atom is -0.489 e. The van der Waals surface area contributed by atoms with Crippen LogP contribution in [0.4, 0.5) is 11.4 Å². The van der Waals surface area contributed by atoms with E-state index in [0.717, 1.165) is 50.7 Å². The molecule has 0 bridgehead atoms. The van der Waals surface area contributed by atoms with Crippen LogP contribution in [0.3, 0.4) is 0 Å². The summed E-state index contributed by atoms with van der Waals surface area (Å²) in [6, 6.07) is 38.2. The zero-order chi connectivity index (χ0) is 23.7. The van der Waals surface area contributed by atoms with Crippen molar-refractivity contribution in [2.24, 2.45) is 0 Å². The van der Waals surface area contributed by atoms with Gasteiger partial charge in [-0.05, 0) is 53.1 Å². The first-order valence-corrected chi connectivity index (χ1v) is 12.4. The Morgan fingerprint density at radius 2 is 1.23 bits per heavy atom. The molecule has 0 spiro atoms. The molecule has 4 aromatic rings. The van der Waals surface area contributed by atoms with Gasteiger partial charge in [-0.3, -0.25) is 4.90 Å². The van der Waals surface area contributed by atoms with Crippen LogP contribution in [0.5, 0.6) is 5.75 Å². The molecule has 0 aliphatic carbocycles. The maximum atomic E-state index is 5.89. The molecule has 5 rings (SSSR count). The first-order chi connectivity index (χ1) is 17.3. The Bertz CT molecular complexity index is 1150. The lowest BCUT2D eigenvalue weighted by Gasteiger charge is -2.36. The number of ether oxygens (including phenoxy) is 1. The first-order valence-electron chi connectivity index (χ1n) is 12.4. The van der Waals surface area contributed by atoms with Crippen molar-refractivity contribution in [2.45, 2.75) is 19.7 Å².